The second kappa shape index (κ2) is 3.73. The molecule has 0 spiro atoms. The first kappa shape index (κ1) is 10.1. The summed E-state index contributed by atoms with van der Waals surface area (Å²) < 4.78 is 29.8. The van der Waals surface area contributed by atoms with Crippen LogP contribution in [0.1, 0.15) is 5.56 Å². The molecule has 0 radical (unpaired) electrons. The molecule has 1 aromatic rings. The van der Waals surface area contributed by atoms with Crippen LogP contribution in [0, 0.1) is 5.82 Å². The van der Waals surface area contributed by atoms with Crippen molar-refractivity contribution in [3.63, 3.8) is 0 Å². The number of ether oxygens (including phenoxy) is 1. The van der Waals surface area contributed by atoms with Crippen molar-refractivity contribution in [2.75, 3.05) is 13.2 Å². The van der Waals surface area contributed by atoms with Gasteiger partial charge in [0, 0.05) is 11.0 Å². The van der Waals surface area contributed by atoms with Crippen LogP contribution in [0.25, 0.3) is 0 Å². The third kappa shape index (κ3) is 1.42. The van der Waals surface area contributed by atoms with Gasteiger partial charge >= 0.3 is 7.12 Å². The lowest BCUT2D eigenvalue weighted by Crippen LogP contribution is -2.36. The summed E-state index contributed by atoms with van der Waals surface area (Å²) in [5.74, 6) is 0.269. The number of hydrogen-bond donors (Lipinski definition) is 1. The predicted octanol–water partition coefficient (Wildman–Crippen LogP) is -0.179. The van der Waals surface area contributed by atoms with Gasteiger partial charge in [0.1, 0.15) is 24.3 Å². The second-order valence-electron chi connectivity index (χ2n) is 3.83. The molecule has 1 atom stereocenters. The standard InChI is InChI=1S/C10H10BFO4/c12-8-1-2-9-10-7(8)5-15-11(10)16-6(3-13)4-14-9/h1-2,6,13H,3-5H2/t6-/m1/s1. The molecule has 6 heteroatoms. The molecule has 2 aliphatic rings. The molecule has 0 unspecified atom stereocenters. The quantitative estimate of drug-likeness (QED) is 0.672. The van der Waals surface area contributed by atoms with E-state index in [0.29, 0.717) is 16.8 Å². The van der Waals surface area contributed by atoms with Crippen molar-refractivity contribution in [2.45, 2.75) is 12.7 Å². The number of aliphatic hydroxyl groups excluding tert-OH is 1. The lowest BCUT2D eigenvalue weighted by Gasteiger charge is -2.13. The maximum absolute atomic E-state index is 13.5. The van der Waals surface area contributed by atoms with Gasteiger partial charge in [-0.25, -0.2) is 4.39 Å². The van der Waals surface area contributed by atoms with E-state index in [0.717, 1.165) is 0 Å². The van der Waals surface area contributed by atoms with E-state index < -0.39 is 13.2 Å². The highest BCUT2D eigenvalue weighted by Crippen LogP contribution is 2.25. The van der Waals surface area contributed by atoms with E-state index in [1.807, 2.05) is 0 Å². The van der Waals surface area contributed by atoms with Crippen LogP contribution < -0.4 is 10.2 Å². The van der Waals surface area contributed by atoms with Gasteiger partial charge in [0.15, 0.2) is 0 Å². The monoisotopic (exact) mass is 224 g/mol. The smallest absolute Gasteiger partial charge is 0.491 e. The lowest BCUT2D eigenvalue weighted by atomic mass is 9.78. The summed E-state index contributed by atoms with van der Waals surface area (Å²) in [5, 5.41) is 9.05. The van der Waals surface area contributed by atoms with Crippen molar-refractivity contribution in [1.82, 2.24) is 0 Å². The van der Waals surface area contributed by atoms with Crippen LogP contribution in [0.3, 0.4) is 0 Å². The maximum atomic E-state index is 13.5. The Balaban J connectivity index is 2.05. The summed E-state index contributed by atoms with van der Waals surface area (Å²) in [7, 11) is -0.625. The molecule has 2 aliphatic heterocycles. The van der Waals surface area contributed by atoms with Crippen LogP contribution in [-0.2, 0) is 15.9 Å². The topological polar surface area (TPSA) is 47.9 Å². The summed E-state index contributed by atoms with van der Waals surface area (Å²) in [6.45, 7) is 0.279. The van der Waals surface area contributed by atoms with E-state index in [1.54, 1.807) is 6.07 Å². The highest BCUT2D eigenvalue weighted by Gasteiger charge is 2.40. The van der Waals surface area contributed by atoms with Crippen molar-refractivity contribution < 1.29 is 23.5 Å². The first-order valence-corrected chi connectivity index (χ1v) is 5.11. The molecule has 0 fully saturated rings. The summed E-state index contributed by atoms with van der Waals surface area (Å²) in [4.78, 5) is 0. The molecule has 0 aliphatic carbocycles. The molecule has 2 heterocycles. The van der Waals surface area contributed by atoms with Gasteiger partial charge in [-0.2, -0.15) is 0 Å². The summed E-state index contributed by atoms with van der Waals surface area (Å²) in [5.41, 5.74) is 1.11. The minimum absolute atomic E-state index is 0.147. The molecule has 0 saturated carbocycles. The Hall–Kier alpha value is -1.11. The van der Waals surface area contributed by atoms with E-state index in [2.05, 4.69) is 0 Å². The van der Waals surface area contributed by atoms with Gasteiger partial charge in [-0.15, -0.1) is 0 Å². The van der Waals surface area contributed by atoms with E-state index in [-0.39, 0.29) is 25.6 Å². The predicted molar refractivity (Wildman–Crippen MR) is 54.0 cm³/mol. The number of benzene rings is 1. The zero-order valence-electron chi connectivity index (χ0n) is 8.48. The van der Waals surface area contributed by atoms with Gasteiger partial charge < -0.3 is 19.2 Å². The number of aliphatic hydroxyl groups is 1. The molecule has 3 rings (SSSR count). The Labute approximate surface area is 92.1 Å². The van der Waals surface area contributed by atoms with E-state index >= 15 is 0 Å². The normalized spacial score (nSPS) is 22.6. The second-order valence-corrected chi connectivity index (χ2v) is 3.83. The Morgan fingerprint density at radius 2 is 2.38 bits per heavy atom. The third-order valence-corrected chi connectivity index (χ3v) is 2.82. The van der Waals surface area contributed by atoms with E-state index in [9.17, 15) is 4.39 Å². The van der Waals surface area contributed by atoms with Gasteiger partial charge in [0.2, 0.25) is 0 Å². The van der Waals surface area contributed by atoms with Crippen molar-refractivity contribution in [3.05, 3.63) is 23.5 Å². The SMILES string of the molecule is OC[C@@H]1COc2ccc(F)c3c2B(OC3)O1. The van der Waals surface area contributed by atoms with E-state index in [1.165, 1.54) is 6.07 Å². The first-order valence-electron chi connectivity index (χ1n) is 5.11. The van der Waals surface area contributed by atoms with Crippen molar-refractivity contribution in [2.24, 2.45) is 0 Å². The zero-order valence-corrected chi connectivity index (χ0v) is 8.48. The molecule has 84 valence electrons. The number of hydrogen-bond acceptors (Lipinski definition) is 4. The van der Waals surface area contributed by atoms with Gasteiger partial charge in [0.25, 0.3) is 0 Å². The largest absolute Gasteiger partial charge is 0.498 e. The number of halogens is 1. The van der Waals surface area contributed by atoms with Gasteiger partial charge in [-0.1, -0.05) is 0 Å². The van der Waals surface area contributed by atoms with Crippen LogP contribution >= 0.6 is 0 Å². The third-order valence-electron chi connectivity index (χ3n) is 2.82. The van der Waals surface area contributed by atoms with Crippen LogP contribution in [-0.4, -0.2) is 31.5 Å². The summed E-state index contributed by atoms with van der Waals surface area (Å²) >= 11 is 0. The fourth-order valence-corrected chi connectivity index (χ4v) is 1.99. The summed E-state index contributed by atoms with van der Waals surface area (Å²) in [6.07, 6.45) is -0.439. The molecule has 0 saturated heterocycles. The minimum Gasteiger partial charge on any atom is -0.491 e. The van der Waals surface area contributed by atoms with Crippen molar-refractivity contribution in [3.8, 4) is 5.75 Å². The fraction of sp³-hybridized carbons (Fsp3) is 0.400. The van der Waals surface area contributed by atoms with Crippen molar-refractivity contribution in [1.29, 1.82) is 0 Å². The molecule has 1 aromatic carbocycles. The average Bonchev–Trinajstić information content (AvgIpc) is 2.63. The van der Waals surface area contributed by atoms with Gasteiger partial charge in [-0.05, 0) is 12.1 Å². The fourth-order valence-electron chi connectivity index (χ4n) is 1.99. The highest BCUT2D eigenvalue weighted by molar-refractivity contribution is 6.64. The highest BCUT2D eigenvalue weighted by atomic mass is 19.1. The van der Waals surface area contributed by atoms with Crippen LogP contribution in [0.2, 0.25) is 0 Å². The molecular weight excluding hydrogens is 214 g/mol. The Kier molecular flexibility index (Phi) is 2.35. The summed E-state index contributed by atoms with van der Waals surface area (Å²) in [6, 6.07) is 2.93. The van der Waals surface area contributed by atoms with Gasteiger partial charge in [0.05, 0.1) is 13.2 Å². The number of rotatable bonds is 1. The molecular formula is C10H10BFO4. The average molecular weight is 224 g/mol. The van der Waals surface area contributed by atoms with Gasteiger partial charge in [-0.3, -0.25) is 0 Å². The van der Waals surface area contributed by atoms with Crippen LogP contribution in [0.15, 0.2) is 12.1 Å². The van der Waals surface area contributed by atoms with Crippen LogP contribution in [0.4, 0.5) is 4.39 Å². The molecule has 0 amide bonds. The van der Waals surface area contributed by atoms with Crippen LogP contribution in [0.5, 0.6) is 5.75 Å². The molecule has 0 bridgehead atoms. The zero-order chi connectivity index (χ0) is 11.1. The first-order chi connectivity index (χ1) is 7.79. The lowest BCUT2D eigenvalue weighted by molar-refractivity contribution is 0.0569. The minimum atomic E-state index is -0.625. The van der Waals surface area contributed by atoms with E-state index in [4.69, 9.17) is 19.2 Å². The molecule has 0 aromatic heterocycles. The Morgan fingerprint density at radius 3 is 3.19 bits per heavy atom. The van der Waals surface area contributed by atoms with Crippen molar-refractivity contribution >= 4 is 12.6 Å². The molecule has 4 nitrogen and oxygen atoms in total. The Morgan fingerprint density at radius 1 is 1.50 bits per heavy atom. The molecule has 1 N–H and O–H groups in total. The Bertz CT molecular complexity index is 426. The molecule has 16 heavy (non-hydrogen) atoms. The maximum Gasteiger partial charge on any atom is 0.498 e.